The molecule has 8 heteroatoms. The van der Waals surface area contributed by atoms with Gasteiger partial charge >= 0.3 is 5.97 Å². The number of nitrogens with zero attached hydrogens (tertiary/aromatic N) is 2. The molecule has 7 nitrogen and oxygen atoms in total. The molecule has 1 aromatic heterocycles. The van der Waals surface area contributed by atoms with E-state index in [0.717, 1.165) is 5.56 Å². The first-order valence-electron chi connectivity index (χ1n) is 8.36. The summed E-state index contributed by atoms with van der Waals surface area (Å²) in [6, 6.07) is 13.8. The van der Waals surface area contributed by atoms with E-state index in [1.54, 1.807) is 36.4 Å². The number of carbonyl (C=O) groups is 2. The highest BCUT2D eigenvalue weighted by molar-refractivity contribution is 6.03. The van der Waals surface area contributed by atoms with Crippen molar-refractivity contribution in [2.75, 3.05) is 17.7 Å². The first kappa shape index (κ1) is 19.0. The van der Waals surface area contributed by atoms with Crippen LogP contribution in [0, 0.1) is 5.82 Å². The van der Waals surface area contributed by atoms with Gasteiger partial charge in [0.1, 0.15) is 11.5 Å². The summed E-state index contributed by atoms with van der Waals surface area (Å²) in [5.74, 6) is -0.903. The average Bonchev–Trinajstić information content (AvgIpc) is 2.73. The Kier molecular flexibility index (Phi) is 5.91. The molecule has 2 N–H and O–H groups in total. The Balaban J connectivity index is 1.63. The number of benzene rings is 2. The van der Waals surface area contributed by atoms with E-state index < -0.39 is 11.9 Å². The maximum Gasteiger partial charge on any atom is 0.337 e. The molecule has 0 aliphatic rings. The van der Waals surface area contributed by atoms with Gasteiger partial charge in [0.2, 0.25) is 5.95 Å². The van der Waals surface area contributed by atoms with Gasteiger partial charge in [-0.25, -0.2) is 19.2 Å². The molecule has 142 valence electrons. The third-order valence-electron chi connectivity index (χ3n) is 3.82. The number of halogens is 1. The number of nitrogens with one attached hydrogen (secondary N) is 2. The molecule has 0 bridgehead atoms. The number of methoxy groups -OCH3 is 1. The van der Waals surface area contributed by atoms with E-state index >= 15 is 0 Å². The summed E-state index contributed by atoms with van der Waals surface area (Å²) in [6.07, 6.45) is 1.47. The maximum absolute atomic E-state index is 12.9. The number of aromatic nitrogens is 2. The van der Waals surface area contributed by atoms with Crippen LogP contribution in [0.25, 0.3) is 0 Å². The zero-order chi connectivity index (χ0) is 19.9. The molecule has 0 fully saturated rings. The normalized spacial score (nSPS) is 10.2. The lowest BCUT2D eigenvalue weighted by Gasteiger charge is -2.08. The molecule has 3 aromatic rings. The zero-order valence-corrected chi connectivity index (χ0v) is 15.0. The number of ether oxygens (including phenoxy) is 1. The highest BCUT2D eigenvalue weighted by atomic mass is 19.1. The van der Waals surface area contributed by atoms with Gasteiger partial charge in [0, 0.05) is 18.4 Å². The second-order valence-electron chi connectivity index (χ2n) is 5.77. The number of hydrogen-bond acceptors (Lipinski definition) is 6. The standard InChI is InChI=1S/C20H17FN4O3/c1-28-19(27)14-4-8-16(9-5-14)24-18(26)17-10-11-22-20(25-17)23-12-13-2-6-15(21)7-3-13/h2-11H,12H2,1H3,(H,24,26)(H,22,23,25). The molecule has 0 unspecified atom stereocenters. The minimum atomic E-state index is -0.453. The zero-order valence-electron chi connectivity index (χ0n) is 15.0. The fraction of sp³-hybridized carbons (Fsp3) is 0.100. The van der Waals surface area contributed by atoms with Crippen molar-refractivity contribution in [3.8, 4) is 0 Å². The van der Waals surface area contributed by atoms with Crippen LogP contribution in [0.5, 0.6) is 0 Å². The largest absolute Gasteiger partial charge is 0.465 e. The Morgan fingerprint density at radius 1 is 1.04 bits per heavy atom. The van der Waals surface area contributed by atoms with Crippen LogP contribution in [-0.4, -0.2) is 29.0 Å². The number of amides is 1. The van der Waals surface area contributed by atoms with Crippen LogP contribution in [0.4, 0.5) is 16.0 Å². The van der Waals surface area contributed by atoms with Gasteiger partial charge in [-0.05, 0) is 48.0 Å². The van der Waals surface area contributed by atoms with Gasteiger partial charge in [-0.3, -0.25) is 4.79 Å². The van der Waals surface area contributed by atoms with Crippen molar-refractivity contribution < 1.29 is 18.7 Å². The van der Waals surface area contributed by atoms with Gasteiger partial charge in [0.15, 0.2) is 0 Å². The van der Waals surface area contributed by atoms with Crippen molar-refractivity contribution in [3.63, 3.8) is 0 Å². The van der Waals surface area contributed by atoms with E-state index in [1.165, 1.54) is 31.5 Å². The quantitative estimate of drug-likeness (QED) is 0.638. The van der Waals surface area contributed by atoms with Crippen LogP contribution < -0.4 is 10.6 Å². The maximum atomic E-state index is 12.9. The first-order valence-corrected chi connectivity index (χ1v) is 8.36. The molecule has 0 saturated carbocycles. The predicted octanol–water partition coefficient (Wildman–Crippen LogP) is 3.27. The summed E-state index contributed by atoms with van der Waals surface area (Å²) in [6.45, 7) is 0.389. The van der Waals surface area contributed by atoms with E-state index in [0.29, 0.717) is 17.8 Å². The second kappa shape index (κ2) is 8.72. The van der Waals surface area contributed by atoms with Gasteiger partial charge in [-0.15, -0.1) is 0 Å². The lowest BCUT2D eigenvalue weighted by Crippen LogP contribution is -2.15. The van der Waals surface area contributed by atoms with E-state index in [4.69, 9.17) is 0 Å². The Morgan fingerprint density at radius 2 is 1.75 bits per heavy atom. The minimum Gasteiger partial charge on any atom is -0.465 e. The van der Waals surface area contributed by atoms with Crippen LogP contribution in [0.2, 0.25) is 0 Å². The van der Waals surface area contributed by atoms with E-state index in [1.807, 2.05) is 0 Å². The second-order valence-corrected chi connectivity index (χ2v) is 5.77. The molecule has 1 amide bonds. The fourth-order valence-corrected chi connectivity index (χ4v) is 2.36. The van der Waals surface area contributed by atoms with Crippen LogP contribution in [0.3, 0.4) is 0 Å². The molecule has 1 heterocycles. The van der Waals surface area contributed by atoms with Crippen molar-refractivity contribution >= 4 is 23.5 Å². The van der Waals surface area contributed by atoms with Crippen molar-refractivity contribution in [1.29, 1.82) is 0 Å². The number of anilines is 2. The summed E-state index contributed by atoms with van der Waals surface area (Å²) in [4.78, 5) is 32.1. The molecule has 0 aliphatic carbocycles. The number of esters is 1. The van der Waals surface area contributed by atoms with Crippen LogP contribution >= 0.6 is 0 Å². The van der Waals surface area contributed by atoms with Gasteiger partial charge in [0.05, 0.1) is 12.7 Å². The summed E-state index contributed by atoms with van der Waals surface area (Å²) < 4.78 is 17.6. The lowest BCUT2D eigenvalue weighted by molar-refractivity contribution is 0.0600. The van der Waals surface area contributed by atoms with Gasteiger partial charge in [0.25, 0.3) is 5.91 Å². The Bertz CT molecular complexity index is 976. The van der Waals surface area contributed by atoms with Gasteiger partial charge in [-0.2, -0.15) is 0 Å². The van der Waals surface area contributed by atoms with Crippen molar-refractivity contribution in [2.24, 2.45) is 0 Å². The van der Waals surface area contributed by atoms with E-state index in [9.17, 15) is 14.0 Å². The molecule has 3 rings (SSSR count). The van der Waals surface area contributed by atoms with E-state index in [2.05, 4.69) is 25.3 Å². The number of carbonyl (C=O) groups excluding carboxylic acids is 2. The third-order valence-corrected chi connectivity index (χ3v) is 3.82. The van der Waals surface area contributed by atoms with Gasteiger partial charge in [-0.1, -0.05) is 12.1 Å². The fourth-order valence-electron chi connectivity index (χ4n) is 2.36. The molecular formula is C20H17FN4O3. The molecule has 0 saturated heterocycles. The SMILES string of the molecule is COC(=O)c1ccc(NC(=O)c2ccnc(NCc3ccc(F)cc3)n2)cc1. The van der Waals surface area contributed by atoms with E-state index in [-0.39, 0.29) is 17.5 Å². The third kappa shape index (κ3) is 4.88. The molecule has 0 atom stereocenters. The lowest BCUT2D eigenvalue weighted by atomic mass is 10.2. The average molecular weight is 380 g/mol. The Labute approximate surface area is 160 Å². The predicted molar refractivity (Wildman–Crippen MR) is 101 cm³/mol. The molecule has 0 radical (unpaired) electrons. The van der Waals surface area contributed by atoms with Crippen molar-refractivity contribution in [3.05, 3.63) is 83.4 Å². The first-order chi connectivity index (χ1) is 13.5. The molecular weight excluding hydrogens is 363 g/mol. The van der Waals surface area contributed by atoms with Crippen molar-refractivity contribution in [1.82, 2.24) is 9.97 Å². The minimum absolute atomic E-state index is 0.175. The Hall–Kier alpha value is -3.81. The number of rotatable bonds is 6. The highest BCUT2D eigenvalue weighted by Crippen LogP contribution is 2.12. The van der Waals surface area contributed by atoms with Gasteiger partial charge < -0.3 is 15.4 Å². The highest BCUT2D eigenvalue weighted by Gasteiger charge is 2.10. The molecule has 2 aromatic carbocycles. The summed E-state index contributed by atoms with van der Waals surface area (Å²) in [7, 11) is 1.30. The smallest absolute Gasteiger partial charge is 0.337 e. The monoisotopic (exact) mass is 380 g/mol. The molecule has 28 heavy (non-hydrogen) atoms. The summed E-state index contributed by atoms with van der Waals surface area (Å²) >= 11 is 0. The van der Waals surface area contributed by atoms with Crippen molar-refractivity contribution in [2.45, 2.75) is 6.54 Å². The molecule has 0 aliphatic heterocycles. The molecule has 0 spiro atoms. The topological polar surface area (TPSA) is 93.2 Å². The summed E-state index contributed by atoms with van der Waals surface area (Å²) in [5, 5.41) is 5.69. The Morgan fingerprint density at radius 3 is 2.43 bits per heavy atom. The van der Waals surface area contributed by atoms with Crippen LogP contribution in [0.15, 0.2) is 60.8 Å². The number of hydrogen-bond donors (Lipinski definition) is 2. The summed E-state index contributed by atoms with van der Waals surface area (Å²) in [5.41, 5.74) is 1.92. The van der Waals surface area contributed by atoms with Crippen LogP contribution in [0.1, 0.15) is 26.4 Å². The van der Waals surface area contributed by atoms with Crippen LogP contribution in [-0.2, 0) is 11.3 Å².